The van der Waals surface area contributed by atoms with Gasteiger partial charge in [0.25, 0.3) is 0 Å². The predicted octanol–water partition coefficient (Wildman–Crippen LogP) is 3.28. The van der Waals surface area contributed by atoms with E-state index in [2.05, 4.69) is 33.0 Å². The Balaban J connectivity index is 2.68. The van der Waals surface area contributed by atoms with Crippen molar-refractivity contribution < 1.29 is 13.2 Å². The highest BCUT2D eigenvalue weighted by Gasteiger charge is 2.38. The van der Waals surface area contributed by atoms with E-state index in [1.807, 2.05) is 0 Å². The number of halogens is 3. The Labute approximate surface area is 114 Å². The first-order valence-corrected chi connectivity index (χ1v) is 7.27. The van der Waals surface area contributed by atoms with Crippen LogP contribution in [0.1, 0.15) is 40.5 Å². The molecule has 0 spiro atoms. The van der Waals surface area contributed by atoms with Crippen molar-refractivity contribution in [1.29, 1.82) is 0 Å². The molecule has 19 heavy (non-hydrogen) atoms. The van der Waals surface area contributed by atoms with E-state index in [-0.39, 0.29) is 12.1 Å². The third-order valence-electron chi connectivity index (χ3n) is 4.02. The molecule has 0 saturated carbocycles. The van der Waals surface area contributed by atoms with Crippen molar-refractivity contribution in [2.75, 3.05) is 19.6 Å². The van der Waals surface area contributed by atoms with Crippen LogP contribution in [0.25, 0.3) is 0 Å². The molecule has 1 heterocycles. The fraction of sp³-hybridized carbons (Fsp3) is 1.00. The van der Waals surface area contributed by atoms with E-state index >= 15 is 0 Å². The molecule has 5 heteroatoms. The Bertz CT molecular complexity index is 266. The van der Waals surface area contributed by atoms with Gasteiger partial charge >= 0.3 is 6.18 Å². The second-order valence-corrected chi connectivity index (χ2v) is 6.23. The van der Waals surface area contributed by atoms with Crippen LogP contribution in [0.15, 0.2) is 0 Å². The molecule has 0 bridgehead atoms. The maximum atomic E-state index is 12.7. The topological polar surface area (TPSA) is 15.3 Å². The van der Waals surface area contributed by atoms with Crippen molar-refractivity contribution in [3.8, 4) is 0 Å². The molecule has 0 amide bonds. The van der Waals surface area contributed by atoms with Gasteiger partial charge in [-0.2, -0.15) is 13.2 Å². The minimum Gasteiger partial charge on any atom is -0.311 e. The molecule has 0 aromatic rings. The minimum absolute atomic E-state index is 0.00179. The summed E-state index contributed by atoms with van der Waals surface area (Å²) in [5, 5.41) is 3.43. The summed E-state index contributed by atoms with van der Waals surface area (Å²) in [5.41, 5.74) is 0. The number of hydrogen-bond acceptors (Lipinski definition) is 2. The lowest BCUT2D eigenvalue weighted by Crippen LogP contribution is -2.60. The lowest BCUT2D eigenvalue weighted by molar-refractivity contribution is -0.155. The van der Waals surface area contributed by atoms with Gasteiger partial charge in [-0.1, -0.05) is 34.1 Å². The van der Waals surface area contributed by atoms with Crippen LogP contribution < -0.4 is 5.32 Å². The first kappa shape index (κ1) is 16.8. The summed E-state index contributed by atoms with van der Waals surface area (Å²) in [7, 11) is 0. The first-order chi connectivity index (χ1) is 8.73. The average molecular weight is 280 g/mol. The second kappa shape index (κ2) is 6.93. The maximum absolute atomic E-state index is 12.7. The number of nitrogens with one attached hydrogen (secondary N) is 1. The Morgan fingerprint density at radius 2 is 1.89 bits per heavy atom. The van der Waals surface area contributed by atoms with Crippen molar-refractivity contribution in [3.63, 3.8) is 0 Å². The summed E-state index contributed by atoms with van der Waals surface area (Å²) in [5.74, 6) is 0.832. The zero-order valence-electron chi connectivity index (χ0n) is 12.4. The average Bonchev–Trinajstić information content (AvgIpc) is 2.28. The third kappa shape index (κ3) is 5.69. The van der Waals surface area contributed by atoms with Gasteiger partial charge in [0.15, 0.2) is 0 Å². The van der Waals surface area contributed by atoms with Crippen LogP contribution in [-0.2, 0) is 0 Å². The monoisotopic (exact) mass is 280 g/mol. The molecule has 0 aromatic carbocycles. The molecule has 0 aliphatic carbocycles. The van der Waals surface area contributed by atoms with Gasteiger partial charge in [0, 0.05) is 25.2 Å². The molecule has 1 aliphatic rings. The Kier molecular flexibility index (Phi) is 6.12. The summed E-state index contributed by atoms with van der Waals surface area (Å²) < 4.78 is 38.1. The predicted molar refractivity (Wildman–Crippen MR) is 72.1 cm³/mol. The summed E-state index contributed by atoms with van der Waals surface area (Å²) in [6, 6.07) is 0.178. The molecule has 1 fully saturated rings. The van der Waals surface area contributed by atoms with E-state index in [0.29, 0.717) is 24.9 Å². The van der Waals surface area contributed by atoms with Crippen LogP contribution >= 0.6 is 0 Å². The Hall–Kier alpha value is -0.290. The Morgan fingerprint density at radius 3 is 2.37 bits per heavy atom. The molecule has 3 unspecified atom stereocenters. The van der Waals surface area contributed by atoms with E-state index in [1.165, 1.54) is 0 Å². The third-order valence-corrected chi connectivity index (χ3v) is 4.02. The Morgan fingerprint density at radius 1 is 1.26 bits per heavy atom. The normalized spacial score (nSPS) is 27.8. The van der Waals surface area contributed by atoms with Crippen LogP contribution in [0.5, 0.6) is 0 Å². The summed E-state index contributed by atoms with van der Waals surface area (Å²) in [6.45, 7) is 8.71. The van der Waals surface area contributed by atoms with E-state index in [9.17, 15) is 13.2 Å². The van der Waals surface area contributed by atoms with Crippen molar-refractivity contribution >= 4 is 0 Å². The van der Waals surface area contributed by atoms with Gasteiger partial charge in [0.1, 0.15) is 0 Å². The van der Waals surface area contributed by atoms with Crippen molar-refractivity contribution in [2.45, 2.75) is 58.8 Å². The highest BCUT2D eigenvalue weighted by Crippen LogP contribution is 2.24. The summed E-state index contributed by atoms with van der Waals surface area (Å²) in [4.78, 5) is 1.63. The SMILES string of the molecule is CCC(C)C1CN(CC(F)(F)F)C(CC(C)C)CN1. The lowest BCUT2D eigenvalue weighted by Gasteiger charge is -2.43. The zero-order valence-corrected chi connectivity index (χ0v) is 12.4. The number of nitrogens with zero attached hydrogens (tertiary/aromatic N) is 1. The van der Waals surface area contributed by atoms with Gasteiger partial charge in [-0.15, -0.1) is 0 Å². The fourth-order valence-electron chi connectivity index (χ4n) is 2.75. The molecule has 2 nitrogen and oxygen atoms in total. The molecule has 0 radical (unpaired) electrons. The van der Waals surface area contributed by atoms with E-state index in [1.54, 1.807) is 4.90 Å². The van der Waals surface area contributed by atoms with Gasteiger partial charge in [-0.3, -0.25) is 4.90 Å². The van der Waals surface area contributed by atoms with Crippen LogP contribution in [0.4, 0.5) is 13.2 Å². The van der Waals surface area contributed by atoms with E-state index in [0.717, 1.165) is 12.8 Å². The highest BCUT2D eigenvalue weighted by molar-refractivity contribution is 4.89. The summed E-state index contributed by atoms with van der Waals surface area (Å²) >= 11 is 0. The molecular weight excluding hydrogens is 253 g/mol. The van der Waals surface area contributed by atoms with Crippen LogP contribution in [0, 0.1) is 11.8 Å². The standard InChI is InChI=1S/C14H27F3N2/c1-5-11(4)13-8-19(9-14(15,16)17)12(7-18-13)6-10(2)3/h10-13,18H,5-9H2,1-4H3. The molecule has 1 rings (SSSR count). The van der Waals surface area contributed by atoms with Crippen LogP contribution in [0.2, 0.25) is 0 Å². The molecule has 3 atom stereocenters. The van der Waals surface area contributed by atoms with Gasteiger partial charge < -0.3 is 5.32 Å². The van der Waals surface area contributed by atoms with Crippen LogP contribution in [-0.4, -0.2) is 42.8 Å². The first-order valence-electron chi connectivity index (χ1n) is 7.27. The maximum Gasteiger partial charge on any atom is 0.401 e. The molecule has 1 saturated heterocycles. The van der Waals surface area contributed by atoms with Crippen LogP contribution in [0.3, 0.4) is 0 Å². The minimum atomic E-state index is -4.10. The van der Waals surface area contributed by atoms with Gasteiger partial charge in [0.2, 0.25) is 0 Å². The fourth-order valence-corrected chi connectivity index (χ4v) is 2.75. The quantitative estimate of drug-likeness (QED) is 0.831. The van der Waals surface area contributed by atoms with Crippen molar-refractivity contribution in [3.05, 3.63) is 0 Å². The van der Waals surface area contributed by atoms with Gasteiger partial charge in [-0.05, 0) is 18.3 Å². The van der Waals surface area contributed by atoms with Crippen molar-refractivity contribution in [2.24, 2.45) is 11.8 Å². The molecule has 0 aromatic heterocycles. The second-order valence-electron chi connectivity index (χ2n) is 6.23. The number of piperazine rings is 1. The number of hydrogen-bond donors (Lipinski definition) is 1. The molecule has 114 valence electrons. The van der Waals surface area contributed by atoms with E-state index in [4.69, 9.17) is 0 Å². The lowest BCUT2D eigenvalue weighted by atomic mass is 9.93. The summed E-state index contributed by atoms with van der Waals surface area (Å²) in [6.07, 6.45) is -2.30. The number of alkyl halides is 3. The van der Waals surface area contributed by atoms with Crippen molar-refractivity contribution in [1.82, 2.24) is 10.2 Å². The highest BCUT2D eigenvalue weighted by atomic mass is 19.4. The number of rotatable bonds is 5. The zero-order chi connectivity index (χ0) is 14.6. The van der Waals surface area contributed by atoms with E-state index < -0.39 is 12.7 Å². The largest absolute Gasteiger partial charge is 0.401 e. The molecular formula is C14H27F3N2. The smallest absolute Gasteiger partial charge is 0.311 e. The molecule has 1 N–H and O–H groups in total. The van der Waals surface area contributed by atoms with Gasteiger partial charge in [-0.25, -0.2) is 0 Å². The molecule has 1 aliphatic heterocycles. The van der Waals surface area contributed by atoms with Gasteiger partial charge in [0.05, 0.1) is 6.54 Å².